The summed E-state index contributed by atoms with van der Waals surface area (Å²) in [7, 11) is 0. The monoisotopic (exact) mass is 310 g/mol. The maximum absolute atomic E-state index is 13.0. The number of nitrogens with zero attached hydrogens (tertiary/aromatic N) is 2. The SMILES string of the molecule is CC1CCCN(C(=O)C2(c3cc(-c4ccccc4)on3)CC2)C1. The van der Waals surface area contributed by atoms with Crippen LogP contribution in [0, 0.1) is 5.92 Å². The van der Waals surface area contributed by atoms with Gasteiger partial charge in [0.2, 0.25) is 5.91 Å². The number of carbonyl (C=O) groups is 1. The van der Waals surface area contributed by atoms with Crippen LogP contribution >= 0.6 is 0 Å². The number of amides is 1. The Balaban J connectivity index is 1.58. The van der Waals surface area contributed by atoms with Crippen LogP contribution in [0.4, 0.5) is 0 Å². The van der Waals surface area contributed by atoms with Crippen LogP contribution in [0.5, 0.6) is 0 Å². The highest BCUT2D eigenvalue weighted by atomic mass is 16.5. The van der Waals surface area contributed by atoms with E-state index in [9.17, 15) is 4.79 Å². The molecule has 4 heteroatoms. The molecule has 0 spiro atoms. The van der Waals surface area contributed by atoms with Crippen LogP contribution in [-0.2, 0) is 10.2 Å². The summed E-state index contributed by atoms with van der Waals surface area (Å²) in [6.45, 7) is 3.99. The molecule has 4 rings (SSSR count). The summed E-state index contributed by atoms with van der Waals surface area (Å²) < 4.78 is 5.51. The Hall–Kier alpha value is -2.10. The first-order valence-electron chi connectivity index (χ1n) is 8.51. The Morgan fingerprint density at radius 3 is 2.78 bits per heavy atom. The van der Waals surface area contributed by atoms with Gasteiger partial charge in [0.25, 0.3) is 0 Å². The van der Waals surface area contributed by atoms with E-state index in [2.05, 4.69) is 12.1 Å². The van der Waals surface area contributed by atoms with Crippen molar-refractivity contribution in [2.45, 2.75) is 38.0 Å². The van der Waals surface area contributed by atoms with Crippen molar-refractivity contribution in [3.8, 4) is 11.3 Å². The minimum absolute atomic E-state index is 0.247. The molecule has 2 fully saturated rings. The molecule has 4 nitrogen and oxygen atoms in total. The van der Waals surface area contributed by atoms with Crippen molar-refractivity contribution in [1.29, 1.82) is 0 Å². The lowest BCUT2D eigenvalue weighted by molar-refractivity contribution is -0.135. The van der Waals surface area contributed by atoms with Crippen molar-refractivity contribution >= 4 is 5.91 Å². The molecule has 120 valence electrons. The standard InChI is InChI=1S/C19H22N2O2/c1-14-6-5-11-21(13-14)18(22)19(9-10-19)17-12-16(23-20-17)15-7-3-2-4-8-15/h2-4,7-8,12,14H,5-6,9-11,13H2,1H3. The molecule has 2 aliphatic rings. The number of hydrogen-bond acceptors (Lipinski definition) is 3. The molecule has 1 aromatic heterocycles. The zero-order valence-electron chi connectivity index (χ0n) is 13.5. The van der Waals surface area contributed by atoms with Crippen LogP contribution in [0.1, 0.15) is 38.3 Å². The number of hydrogen-bond donors (Lipinski definition) is 0. The van der Waals surface area contributed by atoms with Crippen molar-refractivity contribution in [3.05, 3.63) is 42.1 Å². The molecular weight excluding hydrogens is 288 g/mol. The van der Waals surface area contributed by atoms with Gasteiger partial charge in [0.1, 0.15) is 0 Å². The third-order valence-corrected chi connectivity index (χ3v) is 5.16. The molecule has 23 heavy (non-hydrogen) atoms. The topological polar surface area (TPSA) is 46.3 Å². The van der Waals surface area contributed by atoms with E-state index in [0.717, 1.165) is 49.4 Å². The van der Waals surface area contributed by atoms with E-state index < -0.39 is 5.41 Å². The van der Waals surface area contributed by atoms with Crippen molar-refractivity contribution in [2.75, 3.05) is 13.1 Å². The Bertz CT molecular complexity index is 703. The predicted octanol–water partition coefficient (Wildman–Crippen LogP) is 3.63. The zero-order chi connectivity index (χ0) is 15.9. The van der Waals surface area contributed by atoms with Gasteiger partial charge in [-0.3, -0.25) is 4.79 Å². The third kappa shape index (κ3) is 2.56. The lowest BCUT2D eigenvalue weighted by Gasteiger charge is -2.33. The van der Waals surface area contributed by atoms with Crippen molar-refractivity contribution < 1.29 is 9.32 Å². The molecule has 1 unspecified atom stereocenters. The second-order valence-corrected chi connectivity index (χ2v) is 7.02. The number of rotatable bonds is 3. The molecule has 0 N–H and O–H groups in total. The lowest BCUT2D eigenvalue weighted by atomic mass is 9.95. The molecule has 1 amide bonds. The summed E-state index contributed by atoms with van der Waals surface area (Å²) in [5, 5.41) is 4.24. The van der Waals surface area contributed by atoms with E-state index in [1.165, 1.54) is 6.42 Å². The van der Waals surface area contributed by atoms with Gasteiger partial charge in [0.05, 0.1) is 11.1 Å². The average Bonchev–Trinajstić information content (AvgIpc) is 3.24. The van der Waals surface area contributed by atoms with E-state index in [-0.39, 0.29) is 5.91 Å². The van der Waals surface area contributed by atoms with Gasteiger partial charge in [0.15, 0.2) is 5.76 Å². The normalized spacial score (nSPS) is 22.8. The molecule has 0 bridgehead atoms. The van der Waals surface area contributed by atoms with Gasteiger partial charge >= 0.3 is 0 Å². The van der Waals surface area contributed by atoms with Crippen LogP contribution in [0.2, 0.25) is 0 Å². The van der Waals surface area contributed by atoms with Crippen LogP contribution < -0.4 is 0 Å². The van der Waals surface area contributed by atoms with Gasteiger partial charge in [-0.25, -0.2) is 0 Å². The molecule has 0 radical (unpaired) electrons. The highest BCUT2D eigenvalue weighted by Crippen LogP contribution is 2.50. The van der Waals surface area contributed by atoms with E-state index in [0.29, 0.717) is 5.92 Å². The summed E-state index contributed by atoms with van der Waals surface area (Å²) in [4.78, 5) is 15.1. The fraction of sp³-hybridized carbons (Fsp3) is 0.474. The number of benzene rings is 1. The third-order valence-electron chi connectivity index (χ3n) is 5.16. The first-order chi connectivity index (χ1) is 11.2. The quantitative estimate of drug-likeness (QED) is 0.869. The van der Waals surface area contributed by atoms with Crippen LogP contribution in [0.3, 0.4) is 0 Å². The van der Waals surface area contributed by atoms with Crippen molar-refractivity contribution in [1.82, 2.24) is 10.1 Å². The van der Waals surface area contributed by atoms with E-state index in [4.69, 9.17) is 4.52 Å². The summed E-state index contributed by atoms with van der Waals surface area (Å²) in [6.07, 6.45) is 4.10. The molecule has 2 heterocycles. The van der Waals surface area contributed by atoms with E-state index in [1.807, 2.05) is 41.3 Å². The van der Waals surface area contributed by atoms with Crippen LogP contribution in [-0.4, -0.2) is 29.1 Å². The fourth-order valence-electron chi connectivity index (χ4n) is 3.62. The Morgan fingerprint density at radius 2 is 2.09 bits per heavy atom. The summed E-state index contributed by atoms with van der Waals surface area (Å²) in [5.41, 5.74) is 1.38. The number of piperidine rings is 1. The molecule has 1 atom stereocenters. The van der Waals surface area contributed by atoms with Crippen LogP contribution in [0.15, 0.2) is 40.9 Å². The number of likely N-dealkylation sites (tertiary alicyclic amines) is 1. The molecular formula is C19H22N2O2. The fourth-order valence-corrected chi connectivity index (χ4v) is 3.62. The Kier molecular flexibility index (Phi) is 3.47. The predicted molar refractivity (Wildman–Crippen MR) is 87.8 cm³/mol. The van der Waals surface area contributed by atoms with Gasteiger partial charge in [-0.05, 0) is 31.6 Å². The van der Waals surface area contributed by atoms with E-state index in [1.54, 1.807) is 0 Å². The Morgan fingerprint density at radius 1 is 1.30 bits per heavy atom. The van der Waals surface area contributed by atoms with Gasteiger partial charge in [-0.15, -0.1) is 0 Å². The van der Waals surface area contributed by atoms with Crippen molar-refractivity contribution in [2.24, 2.45) is 5.92 Å². The molecule has 1 saturated heterocycles. The van der Waals surface area contributed by atoms with Gasteiger partial charge in [-0.1, -0.05) is 42.4 Å². The largest absolute Gasteiger partial charge is 0.356 e. The Labute approximate surface area is 136 Å². The second kappa shape index (κ2) is 5.52. The van der Waals surface area contributed by atoms with E-state index >= 15 is 0 Å². The zero-order valence-corrected chi connectivity index (χ0v) is 13.5. The molecule has 1 saturated carbocycles. The van der Waals surface area contributed by atoms with Gasteiger partial charge in [-0.2, -0.15) is 0 Å². The maximum atomic E-state index is 13.0. The molecule has 1 aliphatic heterocycles. The highest BCUT2D eigenvalue weighted by Gasteiger charge is 2.55. The number of aromatic nitrogens is 1. The minimum atomic E-state index is -0.423. The first-order valence-corrected chi connectivity index (χ1v) is 8.51. The first kappa shape index (κ1) is 14.5. The molecule has 1 aliphatic carbocycles. The lowest BCUT2D eigenvalue weighted by Crippen LogP contribution is -2.44. The minimum Gasteiger partial charge on any atom is -0.356 e. The van der Waals surface area contributed by atoms with Gasteiger partial charge < -0.3 is 9.42 Å². The number of carbonyl (C=O) groups excluding carboxylic acids is 1. The average molecular weight is 310 g/mol. The highest BCUT2D eigenvalue weighted by molar-refractivity contribution is 5.91. The second-order valence-electron chi connectivity index (χ2n) is 7.02. The summed E-state index contributed by atoms with van der Waals surface area (Å²) in [5.74, 6) is 1.59. The summed E-state index contributed by atoms with van der Waals surface area (Å²) in [6, 6.07) is 11.9. The summed E-state index contributed by atoms with van der Waals surface area (Å²) >= 11 is 0. The molecule has 1 aromatic carbocycles. The van der Waals surface area contributed by atoms with Gasteiger partial charge in [0, 0.05) is 24.7 Å². The molecule has 2 aromatic rings. The van der Waals surface area contributed by atoms with Crippen LogP contribution in [0.25, 0.3) is 11.3 Å². The van der Waals surface area contributed by atoms with Crippen molar-refractivity contribution in [3.63, 3.8) is 0 Å². The maximum Gasteiger partial charge on any atom is 0.234 e. The smallest absolute Gasteiger partial charge is 0.234 e.